The number of thiazole rings is 1. The Bertz CT molecular complexity index is 1100. The third-order valence-electron chi connectivity index (χ3n) is 4.44. The van der Waals surface area contributed by atoms with Crippen LogP contribution in [0.3, 0.4) is 0 Å². The number of amides is 1. The van der Waals surface area contributed by atoms with Gasteiger partial charge in [-0.05, 0) is 23.3 Å². The molecule has 0 fully saturated rings. The summed E-state index contributed by atoms with van der Waals surface area (Å²) in [6.07, 6.45) is 3.67. The summed E-state index contributed by atoms with van der Waals surface area (Å²) in [6, 6.07) is 17.8. The van der Waals surface area contributed by atoms with Gasteiger partial charge in [-0.2, -0.15) is 5.10 Å². The largest absolute Gasteiger partial charge is 0.380 e. The molecule has 0 saturated carbocycles. The molecular weight excluding hydrogens is 384 g/mol. The van der Waals surface area contributed by atoms with E-state index in [4.69, 9.17) is 4.74 Å². The molecule has 1 N–H and O–H groups in total. The maximum absolute atomic E-state index is 12.5. The van der Waals surface area contributed by atoms with E-state index in [1.807, 2.05) is 60.8 Å². The second-order valence-electron chi connectivity index (χ2n) is 6.43. The minimum atomic E-state index is -0.199. The van der Waals surface area contributed by atoms with Crippen molar-refractivity contribution in [3.05, 3.63) is 89.2 Å². The van der Waals surface area contributed by atoms with Gasteiger partial charge in [0.15, 0.2) is 0 Å². The molecule has 2 heterocycles. The van der Waals surface area contributed by atoms with Gasteiger partial charge < -0.3 is 10.1 Å². The highest BCUT2D eigenvalue weighted by Gasteiger charge is 2.14. The van der Waals surface area contributed by atoms with Crippen molar-refractivity contribution in [2.45, 2.75) is 13.2 Å². The van der Waals surface area contributed by atoms with Crippen molar-refractivity contribution in [3.63, 3.8) is 0 Å². The molecule has 29 heavy (non-hydrogen) atoms. The van der Waals surface area contributed by atoms with Crippen LogP contribution in [0.2, 0.25) is 0 Å². The Morgan fingerprint density at radius 2 is 1.86 bits per heavy atom. The number of methoxy groups -OCH3 is 1. The van der Waals surface area contributed by atoms with Crippen LogP contribution in [0.15, 0.2) is 72.4 Å². The summed E-state index contributed by atoms with van der Waals surface area (Å²) in [5.74, 6) is -0.199. The van der Waals surface area contributed by atoms with E-state index >= 15 is 0 Å². The average molecular weight is 404 g/mol. The number of carbonyl (C=O) groups excluding carboxylic acids is 1. The summed E-state index contributed by atoms with van der Waals surface area (Å²) in [4.78, 5) is 17.0. The quantitative estimate of drug-likeness (QED) is 0.504. The summed E-state index contributed by atoms with van der Waals surface area (Å²) < 4.78 is 7.01. The van der Waals surface area contributed by atoms with Gasteiger partial charge in [0.2, 0.25) is 0 Å². The first-order valence-corrected chi connectivity index (χ1v) is 10.0. The SMILES string of the molecule is COCc1ccccc1CNC(=O)c1csc(-c2cnn(-c3ccccc3)c2)n1. The smallest absolute Gasteiger partial charge is 0.271 e. The van der Waals surface area contributed by atoms with E-state index in [-0.39, 0.29) is 5.91 Å². The summed E-state index contributed by atoms with van der Waals surface area (Å²) in [5, 5.41) is 9.86. The molecule has 1 amide bonds. The highest BCUT2D eigenvalue weighted by Crippen LogP contribution is 2.24. The molecule has 0 bridgehead atoms. The van der Waals surface area contributed by atoms with Gasteiger partial charge in [0, 0.05) is 30.8 Å². The van der Waals surface area contributed by atoms with Gasteiger partial charge in [-0.1, -0.05) is 42.5 Å². The number of rotatable bonds is 7. The van der Waals surface area contributed by atoms with Crippen LogP contribution >= 0.6 is 11.3 Å². The molecule has 6 nitrogen and oxygen atoms in total. The first-order valence-electron chi connectivity index (χ1n) is 9.14. The zero-order chi connectivity index (χ0) is 20.1. The average Bonchev–Trinajstić information content (AvgIpc) is 3.44. The van der Waals surface area contributed by atoms with Crippen LogP contribution in [0.5, 0.6) is 0 Å². The molecule has 146 valence electrons. The maximum Gasteiger partial charge on any atom is 0.271 e. The van der Waals surface area contributed by atoms with Crippen molar-refractivity contribution in [3.8, 4) is 16.3 Å². The highest BCUT2D eigenvalue weighted by molar-refractivity contribution is 7.13. The van der Waals surface area contributed by atoms with Crippen LogP contribution in [0.1, 0.15) is 21.6 Å². The van der Waals surface area contributed by atoms with Gasteiger partial charge >= 0.3 is 0 Å². The van der Waals surface area contributed by atoms with Crippen molar-refractivity contribution in [2.24, 2.45) is 0 Å². The van der Waals surface area contributed by atoms with Gasteiger partial charge in [0.1, 0.15) is 10.7 Å². The topological polar surface area (TPSA) is 69.0 Å². The number of hydrogen-bond acceptors (Lipinski definition) is 5. The normalized spacial score (nSPS) is 10.8. The standard InChI is InChI=1S/C22H20N4O2S/c1-28-14-17-8-6-5-7-16(17)11-23-21(27)20-15-29-22(25-20)18-12-24-26(13-18)19-9-3-2-4-10-19/h2-10,12-13,15H,11,14H2,1H3,(H,23,27). The summed E-state index contributed by atoms with van der Waals surface area (Å²) >= 11 is 1.43. The van der Waals surface area contributed by atoms with Crippen molar-refractivity contribution in [2.75, 3.05) is 7.11 Å². The number of para-hydroxylation sites is 1. The summed E-state index contributed by atoms with van der Waals surface area (Å²) in [6.45, 7) is 0.940. The summed E-state index contributed by atoms with van der Waals surface area (Å²) in [7, 11) is 1.66. The molecule has 4 aromatic rings. The number of carbonyl (C=O) groups is 1. The molecule has 0 spiro atoms. The molecule has 4 rings (SSSR count). The first-order chi connectivity index (χ1) is 14.2. The lowest BCUT2D eigenvalue weighted by molar-refractivity contribution is 0.0946. The Kier molecular flexibility index (Phi) is 5.79. The van der Waals surface area contributed by atoms with E-state index in [2.05, 4.69) is 15.4 Å². The predicted molar refractivity (Wildman–Crippen MR) is 113 cm³/mol. The van der Waals surface area contributed by atoms with Crippen LogP contribution in [-0.2, 0) is 17.9 Å². The molecule has 0 unspecified atom stereocenters. The third-order valence-corrected chi connectivity index (χ3v) is 5.34. The van der Waals surface area contributed by atoms with Gasteiger partial charge in [0.05, 0.1) is 18.5 Å². The molecule has 0 atom stereocenters. The van der Waals surface area contributed by atoms with E-state index in [0.29, 0.717) is 18.8 Å². The van der Waals surface area contributed by atoms with Gasteiger partial charge in [-0.3, -0.25) is 4.79 Å². The molecule has 2 aromatic heterocycles. The first kappa shape index (κ1) is 19.0. The van der Waals surface area contributed by atoms with Crippen molar-refractivity contribution in [1.82, 2.24) is 20.1 Å². The second kappa shape index (κ2) is 8.81. The Morgan fingerprint density at radius 3 is 2.66 bits per heavy atom. The molecule has 0 radical (unpaired) electrons. The minimum absolute atomic E-state index is 0.199. The number of nitrogens with zero attached hydrogens (tertiary/aromatic N) is 3. The molecular formula is C22H20N4O2S. The van der Waals surface area contributed by atoms with Crippen LogP contribution in [0, 0.1) is 0 Å². The fraction of sp³-hybridized carbons (Fsp3) is 0.136. The Balaban J connectivity index is 1.44. The van der Waals surface area contributed by atoms with Crippen LogP contribution in [-0.4, -0.2) is 27.8 Å². The zero-order valence-electron chi connectivity index (χ0n) is 15.9. The van der Waals surface area contributed by atoms with E-state index in [9.17, 15) is 4.79 Å². The number of nitrogens with one attached hydrogen (secondary N) is 1. The Hall–Kier alpha value is -3.29. The lowest BCUT2D eigenvalue weighted by atomic mass is 10.1. The van der Waals surface area contributed by atoms with Crippen LogP contribution in [0.25, 0.3) is 16.3 Å². The lowest BCUT2D eigenvalue weighted by Gasteiger charge is -2.09. The van der Waals surface area contributed by atoms with E-state index in [0.717, 1.165) is 27.4 Å². The number of benzene rings is 2. The van der Waals surface area contributed by atoms with Gasteiger partial charge in [0.25, 0.3) is 5.91 Å². The molecule has 0 aliphatic carbocycles. The third kappa shape index (κ3) is 4.42. The highest BCUT2D eigenvalue weighted by atomic mass is 32.1. The Labute approximate surface area is 172 Å². The number of aromatic nitrogens is 3. The van der Waals surface area contributed by atoms with E-state index < -0.39 is 0 Å². The van der Waals surface area contributed by atoms with E-state index in [1.165, 1.54) is 11.3 Å². The maximum atomic E-state index is 12.5. The number of ether oxygens (including phenoxy) is 1. The predicted octanol–water partition coefficient (Wildman–Crippen LogP) is 4.07. The molecule has 2 aromatic carbocycles. The lowest BCUT2D eigenvalue weighted by Crippen LogP contribution is -2.23. The summed E-state index contributed by atoms with van der Waals surface area (Å²) in [5.41, 5.74) is 4.35. The van der Waals surface area contributed by atoms with Crippen LogP contribution < -0.4 is 5.32 Å². The zero-order valence-corrected chi connectivity index (χ0v) is 16.7. The second-order valence-corrected chi connectivity index (χ2v) is 7.29. The van der Waals surface area contributed by atoms with Gasteiger partial charge in [-0.15, -0.1) is 11.3 Å². The van der Waals surface area contributed by atoms with Crippen LogP contribution in [0.4, 0.5) is 0 Å². The monoisotopic (exact) mass is 404 g/mol. The molecule has 7 heteroatoms. The van der Waals surface area contributed by atoms with Crippen molar-refractivity contribution >= 4 is 17.2 Å². The number of hydrogen-bond donors (Lipinski definition) is 1. The minimum Gasteiger partial charge on any atom is -0.380 e. The fourth-order valence-corrected chi connectivity index (χ4v) is 3.73. The Morgan fingerprint density at radius 1 is 1.10 bits per heavy atom. The van der Waals surface area contributed by atoms with Gasteiger partial charge in [-0.25, -0.2) is 9.67 Å². The van der Waals surface area contributed by atoms with Crippen molar-refractivity contribution < 1.29 is 9.53 Å². The molecule has 0 aliphatic heterocycles. The molecule has 0 aliphatic rings. The fourth-order valence-electron chi connectivity index (χ4n) is 2.96. The van der Waals surface area contributed by atoms with E-state index in [1.54, 1.807) is 23.4 Å². The molecule has 0 saturated heterocycles. The van der Waals surface area contributed by atoms with Crippen molar-refractivity contribution in [1.29, 1.82) is 0 Å².